The van der Waals surface area contributed by atoms with Crippen LogP contribution in [0.15, 0.2) is 71.6 Å². The second-order valence-corrected chi connectivity index (χ2v) is 9.52. The summed E-state index contributed by atoms with van der Waals surface area (Å²) >= 11 is 0. The number of fused-ring (bicyclic) bond motifs is 5. The standard InChI is InChI=1S/C22H19N3O5S/c23-31(29,30)15-8-4-5-13(11-15)12-24-16-9-10-17(26)20(24)19-18(16)21(27)25(22(19)28)14-6-2-1-3-7-14/h1-11,16,18-20H,12H2,(H2,23,29,30). The minimum absolute atomic E-state index is 0.0289. The molecule has 2 fully saturated rings. The van der Waals surface area contributed by atoms with E-state index in [0.29, 0.717) is 11.3 Å². The van der Waals surface area contributed by atoms with Crippen LogP contribution in [-0.4, -0.2) is 43.0 Å². The van der Waals surface area contributed by atoms with Gasteiger partial charge < -0.3 is 0 Å². The van der Waals surface area contributed by atoms with Gasteiger partial charge in [0, 0.05) is 12.6 Å². The molecule has 31 heavy (non-hydrogen) atoms. The fourth-order valence-electron chi connectivity index (χ4n) is 4.93. The Balaban J connectivity index is 1.50. The van der Waals surface area contributed by atoms with Crippen LogP contribution in [0.25, 0.3) is 0 Å². The highest BCUT2D eigenvalue weighted by Gasteiger charge is 2.64. The Morgan fingerprint density at radius 1 is 0.903 bits per heavy atom. The maximum Gasteiger partial charge on any atom is 0.239 e. The van der Waals surface area contributed by atoms with E-state index in [4.69, 9.17) is 5.14 Å². The summed E-state index contributed by atoms with van der Waals surface area (Å²) in [5.74, 6) is -2.38. The zero-order valence-corrected chi connectivity index (χ0v) is 17.1. The molecule has 5 rings (SSSR count). The van der Waals surface area contributed by atoms with E-state index in [2.05, 4.69) is 0 Å². The lowest BCUT2D eigenvalue weighted by atomic mass is 9.90. The topological polar surface area (TPSA) is 118 Å². The van der Waals surface area contributed by atoms with Gasteiger partial charge in [-0.2, -0.15) is 0 Å². The summed E-state index contributed by atoms with van der Waals surface area (Å²) in [7, 11) is -3.87. The molecule has 8 nitrogen and oxygen atoms in total. The first-order chi connectivity index (χ1) is 14.8. The summed E-state index contributed by atoms with van der Waals surface area (Å²) in [6.07, 6.45) is 3.12. The molecule has 3 aliphatic rings. The highest BCUT2D eigenvalue weighted by atomic mass is 32.2. The summed E-state index contributed by atoms with van der Waals surface area (Å²) in [4.78, 5) is 42.3. The Morgan fingerprint density at radius 2 is 1.61 bits per heavy atom. The number of nitrogens with two attached hydrogens (primary N) is 1. The van der Waals surface area contributed by atoms with Gasteiger partial charge >= 0.3 is 0 Å². The second-order valence-electron chi connectivity index (χ2n) is 7.96. The normalized spacial score (nSPS) is 27.8. The molecule has 3 heterocycles. The quantitative estimate of drug-likeness (QED) is 0.708. The minimum Gasteiger partial charge on any atom is -0.293 e. The highest BCUT2D eigenvalue weighted by Crippen LogP contribution is 2.47. The van der Waals surface area contributed by atoms with Crippen molar-refractivity contribution in [2.75, 3.05) is 4.90 Å². The summed E-state index contributed by atoms with van der Waals surface area (Å²) in [6.45, 7) is 0.216. The number of carbonyl (C=O) groups is 3. The van der Waals surface area contributed by atoms with Crippen molar-refractivity contribution in [3.05, 3.63) is 72.3 Å². The first kappa shape index (κ1) is 19.8. The molecule has 0 aromatic heterocycles. The Labute approximate surface area is 179 Å². The van der Waals surface area contributed by atoms with Gasteiger partial charge in [-0.3, -0.25) is 19.3 Å². The molecule has 9 heteroatoms. The zero-order chi connectivity index (χ0) is 21.9. The van der Waals surface area contributed by atoms with Crippen molar-refractivity contribution in [1.29, 1.82) is 0 Å². The Morgan fingerprint density at radius 3 is 2.32 bits per heavy atom. The number of benzene rings is 2. The van der Waals surface area contributed by atoms with Gasteiger partial charge in [-0.1, -0.05) is 36.4 Å². The molecule has 0 radical (unpaired) electrons. The molecule has 3 aliphatic heterocycles. The van der Waals surface area contributed by atoms with E-state index >= 15 is 0 Å². The van der Waals surface area contributed by atoms with Crippen LogP contribution >= 0.6 is 0 Å². The number of hydrogen-bond donors (Lipinski definition) is 1. The Hall–Kier alpha value is -3.14. The number of primary sulfonamides is 1. The first-order valence-electron chi connectivity index (χ1n) is 9.80. The van der Waals surface area contributed by atoms with Crippen molar-refractivity contribution in [2.45, 2.75) is 23.5 Å². The van der Waals surface area contributed by atoms with Gasteiger partial charge in [0.15, 0.2) is 5.78 Å². The Kier molecular flexibility index (Phi) is 4.44. The number of amides is 2. The van der Waals surface area contributed by atoms with E-state index in [1.165, 1.54) is 23.1 Å². The molecule has 0 aliphatic carbocycles. The molecule has 158 valence electrons. The smallest absolute Gasteiger partial charge is 0.239 e. The maximum atomic E-state index is 13.3. The molecule has 2 N–H and O–H groups in total. The number of carbonyl (C=O) groups excluding carboxylic acids is 3. The van der Waals surface area contributed by atoms with E-state index in [1.807, 2.05) is 4.90 Å². The number of ketones is 1. The molecular formula is C22H19N3O5S. The number of nitrogens with zero attached hydrogens (tertiary/aromatic N) is 2. The number of anilines is 1. The molecular weight excluding hydrogens is 418 g/mol. The van der Waals surface area contributed by atoms with Crippen molar-refractivity contribution in [1.82, 2.24) is 4.90 Å². The van der Waals surface area contributed by atoms with Crippen molar-refractivity contribution in [3.8, 4) is 0 Å². The predicted octanol–water partition coefficient (Wildman–Crippen LogP) is 0.831. The number of rotatable bonds is 4. The first-order valence-corrected chi connectivity index (χ1v) is 11.3. The van der Waals surface area contributed by atoms with E-state index in [-0.39, 0.29) is 29.0 Å². The van der Waals surface area contributed by atoms with Gasteiger partial charge in [0.2, 0.25) is 21.8 Å². The van der Waals surface area contributed by atoms with E-state index in [9.17, 15) is 22.8 Å². The molecule has 2 aromatic carbocycles. The predicted molar refractivity (Wildman–Crippen MR) is 111 cm³/mol. The third kappa shape index (κ3) is 3.04. The third-order valence-electron chi connectivity index (χ3n) is 6.20. The molecule has 4 atom stereocenters. The van der Waals surface area contributed by atoms with Crippen LogP contribution in [0.5, 0.6) is 0 Å². The number of sulfonamides is 1. The van der Waals surface area contributed by atoms with Gasteiger partial charge in [0.05, 0.1) is 28.5 Å². The van der Waals surface area contributed by atoms with Crippen LogP contribution < -0.4 is 10.0 Å². The average molecular weight is 437 g/mol. The van der Waals surface area contributed by atoms with Crippen LogP contribution in [0.4, 0.5) is 5.69 Å². The lowest BCUT2D eigenvalue weighted by Crippen LogP contribution is -2.48. The molecule has 2 saturated heterocycles. The van der Waals surface area contributed by atoms with Crippen LogP contribution in [0.2, 0.25) is 0 Å². The van der Waals surface area contributed by atoms with Gasteiger partial charge in [0.1, 0.15) is 0 Å². The molecule has 2 amide bonds. The number of para-hydroxylation sites is 1. The van der Waals surface area contributed by atoms with Crippen LogP contribution in [0.1, 0.15) is 5.56 Å². The van der Waals surface area contributed by atoms with Gasteiger partial charge in [-0.05, 0) is 35.9 Å². The summed E-state index contributed by atoms with van der Waals surface area (Å²) in [6, 6.07) is 13.6. The van der Waals surface area contributed by atoms with Crippen molar-refractivity contribution >= 4 is 33.3 Å². The summed E-state index contributed by atoms with van der Waals surface area (Å²) < 4.78 is 23.4. The highest BCUT2D eigenvalue weighted by molar-refractivity contribution is 7.89. The molecule has 4 unspecified atom stereocenters. The maximum absolute atomic E-state index is 13.3. The molecule has 2 bridgehead atoms. The van der Waals surface area contributed by atoms with E-state index in [0.717, 1.165) is 0 Å². The van der Waals surface area contributed by atoms with Crippen molar-refractivity contribution in [3.63, 3.8) is 0 Å². The van der Waals surface area contributed by atoms with E-state index < -0.39 is 33.9 Å². The Bertz CT molecular complexity index is 1240. The van der Waals surface area contributed by atoms with Gasteiger partial charge in [0.25, 0.3) is 0 Å². The number of hydrogen-bond acceptors (Lipinski definition) is 6. The largest absolute Gasteiger partial charge is 0.293 e. The SMILES string of the molecule is NS(=O)(=O)c1cccc(CN2C3C=CC(=O)C2C2C(=O)N(c4ccccc4)C(=O)C23)c1. The van der Waals surface area contributed by atoms with Crippen molar-refractivity contribution < 1.29 is 22.8 Å². The van der Waals surface area contributed by atoms with Crippen molar-refractivity contribution in [2.24, 2.45) is 17.0 Å². The fourth-order valence-corrected chi connectivity index (χ4v) is 5.52. The average Bonchev–Trinajstić information content (AvgIpc) is 3.12. The lowest BCUT2D eigenvalue weighted by Gasteiger charge is -2.33. The lowest BCUT2D eigenvalue weighted by molar-refractivity contribution is -0.129. The van der Waals surface area contributed by atoms with Crippen LogP contribution in [0.3, 0.4) is 0 Å². The number of imide groups is 1. The zero-order valence-electron chi connectivity index (χ0n) is 16.3. The van der Waals surface area contributed by atoms with E-state index in [1.54, 1.807) is 48.5 Å². The third-order valence-corrected chi connectivity index (χ3v) is 7.11. The molecule has 0 saturated carbocycles. The van der Waals surface area contributed by atoms with Crippen LogP contribution in [-0.2, 0) is 31.0 Å². The summed E-state index contributed by atoms with van der Waals surface area (Å²) in [5.41, 5.74) is 1.12. The minimum atomic E-state index is -3.87. The molecule has 2 aromatic rings. The monoisotopic (exact) mass is 437 g/mol. The van der Waals surface area contributed by atoms with Gasteiger partial charge in [-0.25, -0.2) is 18.5 Å². The van der Waals surface area contributed by atoms with Gasteiger partial charge in [-0.15, -0.1) is 0 Å². The second kappa shape index (κ2) is 6.94. The van der Waals surface area contributed by atoms with Crippen LogP contribution in [0, 0.1) is 11.8 Å². The summed E-state index contributed by atoms with van der Waals surface area (Å²) in [5, 5.41) is 5.23. The molecule has 0 spiro atoms. The fraction of sp³-hybridized carbons (Fsp3) is 0.227.